The van der Waals surface area contributed by atoms with Gasteiger partial charge < -0.3 is 4.85 Å². The van der Waals surface area contributed by atoms with E-state index < -0.39 is 0 Å². The molecule has 60 valence electrons. The van der Waals surface area contributed by atoms with Crippen LogP contribution in [0.4, 0.5) is 0 Å². The van der Waals surface area contributed by atoms with Crippen LogP contribution in [0.5, 0.6) is 0 Å². The molecule has 0 heterocycles. The lowest BCUT2D eigenvalue weighted by Gasteiger charge is -2.19. The number of aldehydes is 1. The van der Waals surface area contributed by atoms with Crippen molar-refractivity contribution in [2.24, 2.45) is 5.92 Å². The Hall–Kier alpha value is -0.840. The van der Waals surface area contributed by atoms with Crippen LogP contribution in [-0.4, -0.2) is 12.3 Å². The summed E-state index contributed by atoms with van der Waals surface area (Å²) in [5.74, 6) is 0.360. The highest BCUT2D eigenvalue weighted by Crippen LogP contribution is 2.27. The lowest BCUT2D eigenvalue weighted by atomic mass is 9.85. The number of rotatable bonds is 2. The van der Waals surface area contributed by atoms with E-state index in [0.717, 1.165) is 19.1 Å². The second kappa shape index (κ2) is 4.12. The van der Waals surface area contributed by atoms with Crippen molar-refractivity contribution in [2.45, 2.75) is 38.1 Å². The normalized spacial score (nSPS) is 22.1. The number of carbonyl (C=O) groups excluding carboxylic acids is 1. The van der Waals surface area contributed by atoms with E-state index in [2.05, 4.69) is 4.85 Å². The van der Waals surface area contributed by atoms with E-state index in [1.807, 2.05) is 0 Å². The molecule has 0 bridgehead atoms. The summed E-state index contributed by atoms with van der Waals surface area (Å²) in [7, 11) is 0. The van der Waals surface area contributed by atoms with Gasteiger partial charge in [-0.25, -0.2) is 6.57 Å². The quantitative estimate of drug-likeness (QED) is 0.437. The summed E-state index contributed by atoms with van der Waals surface area (Å²) in [4.78, 5) is 13.7. The summed E-state index contributed by atoms with van der Waals surface area (Å²) < 4.78 is 0. The molecule has 1 fully saturated rings. The van der Waals surface area contributed by atoms with E-state index in [1.54, 1.807) is 0 Å². The Balaban J connectivity index is 2.44. The van der Waals surface area contributed by atoms with E-state index in [-0.39, 0.29) is 6.04 Å². The number of hydrogen-bond acceptors (Lipinski definition) is 1. The Labute approximate surface area is 67.4 Å². The highest BCUT2D eigenvalue weighted by atomic mass is 16.1. The Morgan fingerprint density at radius 3 is 2.45 bits per heavy atom. The van der Waals surface area contributed by atoms with Gasteiger partial charge in [-0.3, -0.25) is 4.79 Å². The predicted molar refractivity (Wildman–Crippen MR) is 43.0 cm³/mol. The van der Waals surface area contributed by atoms with E-state index >= 15 is 0 Å². The third-order valence-corrected chi connectivity index (χ3v) is 2.42. The highest BCUT2D eigenvalue weighted by Gasteiger charge is 2.26. The van der Waals surface area contributed by atoms with Crippen LogP contribution in [-0.2, 0) is 4.79 Å². The van der Waals surface area contributed by atoms with E-state index in [4.69, 9.17) is 6.57 Å². The van der Waals surface area contributed by atoms with Crippen LogP contribution in [0.1, 0.15) is 32.1 Å². The van der Waals surface area contributed by atoms with Crippen LogP contribution < -0.4 is 0 Å². The molecule has 0 spiro atoms. The van der Waals surface area contributed by atoms with Crippen LogP contribution in [0, 0.1) is 12.5 Å². The van der Waals surface area contributed by atoms with Gasteiger partial charge in [0, 0.05) is 5.92 Å². The molecule has 2 nitrogen and oxygen atoms in total. The van der Waals surface area contributed by atoms with Crippen molar-refractivity contribution in [3.63, 3.8) is 0 Å². The molecule has 1 rings (SSSR count). The van der Waals surface area contributed by atoms with Gasteiger partial charge in [0.25, 0.3) is 6.04 Å². The maximum atomic E-state index is 10.4. The third kappa shape index (κ3) is 2.04. The van der Waals surface area contributed by atoms with Gasteiger partial charge in [0.2, 0.25) is 6.29 Å². The molecule has 1 aliphatic carbocycles. The monoisotopic (exact) mass is 151 g/mol. The Morgan fingerprint density at radius 2 is 2.00 bits per heavy atom. The zero-order chi connectivity index (χ0) is 8.10. The lowest BCUT2D eigenvalue weighted by Crippen LogP contribution is -2.21. The van der Waals surface area contributed by atoms with Crippen LogP contribution in [0.3, 0.4) is 0 Å². The van der Waals surface area contributed by atoms with E-state index in [0.29, 0.717) is 5.92 Å². The first-order chi connectivity index (χ1) is 5.38. The predicted octanol–water partition coefficient (Wildman–Crippen LogP) is 2.05. The minimum atomic E-state index is -0.352. The molecule has 0 saturated heterocycles. The fourth-order valence-corrected chi connectivity index (χ4v) is 1.72. The van der Waals surface area contributed by atoms with Gasteiger partial charge >= 0.3 is 0 Å². The smallest absolute Gasteiger partial charge is 0.280 e. The van der Waals surface area contributed by atoms with Crippen molar-refractivity contribution in [3.05, 3.63) is 11.4 Å². The SMILES string of the molecule is [C-]#[N+]C(C=O)C1CCCCC1. The van der Waals surface area contributed by atoms with Crippen molar-refractivity contribution in [1.29, 1.82) is 0 Å². The van der Waals surface area contributed by atoms with Gasteiger partial charge in [-0.15, -0.1) is 0 Å². The van der Waals surface area contributed by atoms with Gasteiger partial charge in [-0.1, -0.05) is 19.3 Å². The molecule has 0 aromatic rings. The first-order valence-corrected chi connectivity index (χ1v) is 4.20. The van der Waals surface area contributed by atoms with Crippen LogP contribution in [0.25, 0.3) is 4.85 Å². The minimum absolute atomic E-state index is 0.352. The Morgan fingerprint density at radius 1 is 1.36 bits per heavy atom. The maximum absolute atomic E-state index is 10.4. The standard InChI is InChI=1S/C9H13NO/c1-10-9(7-11)8-5-3-2-4-6-8/h7-9H,2-6H2. The number of carbonyl (C=O) groups is 1. The average molecular weight is 151 g/mol. The molecule has 0 aromatic heterocycles. The first kappa shape index (κ1) is 8.26. The van der Waals surface area contributed by atoms with Gasteiger partial charge in [0.1, 0.15) is 0 Å². The van der Waals surface area contributed by atoms with Gasteiger partial charge in [-0.05, 0) is 12.8 Å². The summed E-state index contributed by atoms with van der Waals surface area (Å²) in [5.41, 5.74) is 0. The fraction of sp³-hybridized carbons (Fsp3) is 0.778. The van der Waals surface area contributed by atoms with Crippen LogP contribution in [0.2, 0.25) is 0 Å². The topological polar surface area (TPSA) is 21.4 Å². The van der Waals surface area contributed by atoms with Gasteiger partial charge in [0.15, 0.2) is 0 Å². The van der Waals surface area contributed by atoms with Crippen molar-refractivity contribution in [2.75, 3.05) is 0 Å². The first-order valence-electron chi connectivity index (χ1n) is 4.20. The summed E-state index contributed by atoms with van der Waals surface area (Å²) in [6.07, 6.45) is 6.63. The van der Waals surface area contributed by atoms with Crippen LogP contribution in [0.15, 0.2) is 0 Å². The molecule has 0 aromatic carbocycles. The molecule has 0 amide bonds. The Bertz CT molecular complexity index is 165. The molecular formula is C9H13NO. The lowest BCUT2D eigenvalue weighted by molar-refractivity contribution is -0.109. The Kier molecular flexibility index (Phi) is 3.10. The number of hydrogen-bond donors (Lipinski definition) is 0. The third-order valence-electron chi connectivity index (χ3n) is 2.42. The molecule has 0 N–H and O–H groups in total. The molecule has 0 radical (unpaired) electrons. The molecule has 1 unspecified atom stereocenters. The summed E-state index contributed by atoms with van der Waals surface area (Å²) in [6, 6.07) is -0.352. The van der Waals surface area contributed by atoms with Crippen molar-refractivity contribution >= 4 is 6.29 Å². The second-order valence-electron chi connectivity index (χ2n) is 3.15. The second-order valence-corrected chi connectivity index (χ2v) is 3.15. The molecule has 2 heteroatoms. The summed E-state index contributed by atoms with van der Waals surface area (Å²) in [6.45, 7) is 6.79. The molecule has 0 aliphatic heterocycles. The molecular weight excluding hydrogens is 138 g/mol. The molecule has 1 aliphatic rings. The summed E-state index contributed by atoms with van der Waals surface area (Å²) in [5, 5.41) is 0. The number of nitrogens with zero attached hydrogens (tertiary/aromatic N) is 1. The fourth-order valence-electron chi connectivity index (χ4n) is 1.72. The largest absolute Gasteiger partial charge is 0.305 e. The van der Waals surface area contributed by atoms with E-state index in [9.17, 15) is 4.79 Å². The molecule has 1 atom stereocenters. The maximum Gasteiger partial charge on any atom is 0.280 e. The van der Waals surface area contributed by atoms with Crippen molar-refractivity contribution < 1.29 is 4.79 Å². The summed E-state index contributed by atoms with van der Waals surface area (Å²) >= 11 is 0. The van der Waals surface area contributed by atoms with Gasteiger partial charge in [-0.2, -0.15) is 0 Å². The molecule has 11 heavy (non-hydrogen) atoms. The van der Waals surface area contributed by atoms with Crippen LogP contribution >= 0.6 is 0 Å². The van der Waals surface area contributed by atoms with Gasteiger partial charge in [0.05, 0.1) is 0 Å². The zero-order valence-corrected chi connectivity index (χ0v) is 6.62. The van der Waals surface area contributed by atoms with Crippen molar-refractivity contribution in [1.82, 2.24) is 0 Å². The van der Waals surface area contributed by atoms with E-state index in [1.165, 1.54) is 19.3 Å². The minimum Gasteiger partial charge on any atom is -0.305 e. The highest BCUT2D eigenvalue weighted by molar-refractivity contribution is 5.60. The zero-order valence-electron chi connectivity index (χ0n) is 6.62. The van der Waals surface area contributed by atoms with Crippen molar-refractivity contribution in [3.8, 4) is 0 Å². The average Bonchev–Trinajstić information content (AvgIpc) is 2.09. The molecule has 1 saturated carbocycles.